The second-order valence-electron chi connectivity index (χ2n) is 5.58. The predicted octanol–water partition coefficient (Wildman–Crippen LogP) is 4.36. The van der Waals surface area contributed by atoms with Crippen molar-refractivity contribution in [3.8, 4) is 0 Å². The SMILES string of the molecule is Cc1ccc(C(N)c2ccc3c4c(cccc24)CC3)s1. The number of aryl methyl sites for hydroxylation is 3. The molecule has 0 fully saturated rings. The van der Waals surface area contributed by atoms with E-state index in [2.05, 4.69) is 49.4 Å². The van der Waals surface area contributed by atoms with Gasteiger partial charge < -0.3 is 5.73 Å². The van der Waals surface area contributed by atoms with Gasteiger partial charge in [0.2, 0.25) is 0 Å². The van der Waals surface area contributed by atoms with Gasteiger partial charge in [-0.15, -0.1) is 11.3 Å². The van der Waals surface area contributed by atoms with E-state index in [0.29, 0.717) is 0 Å². The van der Waals surface area contributed by atoms with Gasteiger partial charge in [0.05, 0.1) is 6.04 Å². The van der Waals surface area contributed by atoms with Gasteiger partial charge in [0, 0.05) is 9.75 Å². The summed E-state index contributed by atoms with van der Waals surface area (Å²) in [6.45, 7) is 2.13. The Morgan fingerprint density at radius 2 is 1.80 bits per heavy atom. The summed E-state index contributed by atoms with van der Waals surface area (Å²) in [6, 6.07) is 15.4. The standard InChI is InChI=1S/C18H17NS/c1-11-5-10-16(20-11)18(19)15-9-8-13-7-6-12-3-2-4-14(15)17(12)13/h2-5,8-10,18H,6-7,19H2,1H3. The molecule has 1 aromatic heterocycles. The topological polar surface area (TPSA) is 26.0 Å². The van der Waals surface area contributed by atoms with Gasteiger partial charge in [0.25, 0.3) is 0 Å². The van der Waals surface area contributed by atoms with Gasteiger partial charge in [0.1, 0.15) is 0 Å². The first-order valence-electron chi connectivity index (χ1n) is 7.09. The van der Waals surface area contributed by atoms with E-state index in [4.69, 9.17) is 5.73 Å². The Morgan fingerprint density at radius 1 is 1.00 bits per heavy atom. The van der Waals surface area contributed by atoms with Crippen molar-refractivity contribution in [3.63, 3.8) is 0 Å². The minimum Gasteiger partial charge on any atom is -0.320 e. The van der Waals surface area contributed by atoms with Crippen molar-refractivity contribution < 1.29 is 0 Å². The molecule has 100 valence electrons. The highest BCUT2D eigenvalue weighted by Crippen LogP contribution is 2.37. The largest absolute Gasteiger partial charge is 0.320 e. The fourth-order valence-corrected chi connectivity index (χ4v) is 4.21. The molecule has 0 saturated carbocycles. The summed E-state index contributed by atoms with van der Waals surface area (Å²) in [7, 11) is 0. The zero-order valence-electron chi connectivity index (χ0n) is 11.5. The van der Waals surface area contributed by atoms with Gasteiger partial charge in [-0.3, -0.25) is 0 Å². The van der Waals surface area contributed by atoms with Crippen molar-refractivity contribution in [2.75, 3.05) is 0 Å². The lowest BCUT2D eigenvalue weighted by Crippen LogP contribution is -2.10. The first-order valence-corrected chi connectivity index (χ1v) is 7.91. The summed E-state index contributed by atoms with van der Waals surface area (Å²) < 4.78 is 0. The number of hydrogen-bond acceptors (Lipinski definition) is 2. The van der Waals surface area contributed by atoms with Crippen LogP contribution in [0.2, 0.25) is 0 Å². The van der Waals surface area contributed by atoms with E-state index < -0.39 is 0 Å². The molecule has 20 heavy (non-hydrogen) atoms. The molecule has 0 spiro atoms. The summed E-state index contributed by atoms with van der Waals surface area (Å²) in [6.07, 6.45) is 2.34. The van der Waals surface area contributed by atoms with Crippen LogP contribution in [0.25, 0.3) is 10.8 Å². The van der Waals surface area contributed by atoms with Gasteiger partial charge in [0.15, 0.2) is 0 Å². The predicted molar refractivity (Wildman–Crippen MR) is 86.4 cm³/mol. The van der Waals surface area contributed by atoms with E-state index in [1.165, 1.54) is 50.1 Å². The summed E-state index contributed by atoms with van der Waals surface area (Å²) >= 11 is 1.80. The minimum atomic E-state index is -0.0152. The van der Waals surface area contributed by atoms with E-state index in [-0.39, 0.29) is 6.04 Å². The Bertz CT molecular complexity index is 790. The molecule has 0 saturated heterocycles. The fraction of sp³-hybridized carbons (Fsp3) is 0.222. The molecular weight excluding hydrogens is 262 g/mol. The molecule has 1 atom stereocenters. The van der Waals surface area contributed by atoms with Crippen LogP contribution in [-0.2, 0) is 12.8 Å². The van der Waals surface area contributed by atoms with Gasteiger partial charge in [-0.05, 0) is 59.4 Å². The number of thiophene rings is 1. The lowest BCUT2D eigenvalue weighted by atomic mass is 9.95. The zero-order chi connectivity index (χ0) is 13.7. The first-order chi connectivity index (χ1) is 9.74. The molecule has 1 unspecified atom stereocenters. The van der Waals surface area contributed by atoms with Crippen LogP contribution >= 0.6 is 11.3 Å². The maximum atomic E-state index is 6.53. The van der Waals surface area contributed by atoms with Crippen molar-refractivity contribution in [3.05, 3.63) is 68.9 Å². The number of benzene rings is 2. The van der Waals surface area contributed by atoms with E-state index in [1.54, 1.807) is 11.3 Å². The molecular formula is C18H17NS. The van der Waals surface area contributed by atoms with Crippen LogP contribution in [0.3, 0.4) is 0 Å². The second-order valence-corrected chi connectivity index (χ2v) is 6.90. The third kappa shape index (κ3) is 1.72. The first kappa shape index (κ1) is 12.1. The summed E-state index contributed by atoms with van der Waals surface area (Å²) in [5.41, 5.74) is 10.7. The Morgan fingerprint density at radius 3 is 2.55 bits per heavy atom. The van der Waals surface area contributed by atoms with E-state index in [1.807, 2.05) is 0 Å². The average Bonchev–Trinajstić information content (AvgIpc) is 3.07. The Hall–Kier alpha value is -1.64. The van der Waals surface area contributed by atoms with Crippen LogP contribution in [0.15, 0.2) is 42.5 Å². The molecule has 2 heteroatoms. The third-order valence-electron chi connectivity index (χ3n) is 4.31. The zero-order valence-corrected chi connectivity index (χ0v) is 12.3. The van der Waals surface area contributed by atoms with E-state index in [9.17, 15) is 0 Å². The van der Waals surface area contributed by atoms with Gasteiger partial charge in [-0.2, -0.15) is 0 Å². The van der Waals surface area contributed by atoms with E-state index in [0.717, 1.165) is 0 Å². The van der Waals surface area contributed by atoms with Crippen LogP contribution in [0, 0.1) is 6.92 Å². The summed E-state index contributed by atoms with van der Waals surface area (Å²) in [5.74, 6) is 0. The van der Waals surface area contributed by atoms with Crippen molar-refractivity contribution in [1.82, 2.24) is 0 Å². The molecule has 0 radical (unpaired) electrons. The molecule has 1 aliphatic carbocycles. The maximum absolute atomic E-state index is 6.53. The number of hydrogen-bond donors (Lipinski definition) is 1. The highest BCUT2D eigenvalue weighted by Gasteiger charge is 2.19. The van der Waals surface area contributed by atoms with Crippen molar-refractivity contribution in [1.29, 1.82) is 0 Å². The van der Waals surface area contributed by atoms with Gasteiger partial charge in [-0.25, -0.2) is 0 Å². The molecule has 1 heterocycles. The maximum Gasteiger partial charge on any atom is 0.0652 e. The molecule has 2 aromatic carbocycles. The molecule has 3 aromatic rings. The second kappa shape index (κ2) is 4.44. The molecule has 1 nitrogen and oxygen atoms in total. The summed E-state index contributed by atoms with van der Waals surface area (Å²) in [5, 5.41) is 2.80. The lowest BCUT2D eigenvalue weighted by molar-refractivity contribution is 0.903. The Balaban J connectivity index is 1.93. The summed E-state index contributed by atoms with van der Waals surface area (Å²) in [4.78, 5) is 2.57. The van der Waals surface area contributed by atoms with E-state index >= 15 is 0 Å². The molecule has 0 amide bonds. The normalized spacial score (nSPS) is 14.9. The smallest absolute Gasteiger partial charge is 0.0652 e. The molecule has 1 aliphatic rings. The average molecular weight is 279 g/mol. The molecule has 2 N–H and O–H groups in total. The minimum absolute atomic E-state index is 0.0152. The molecule has 4 rings (SSSR count). The monoisotopic (exact) mass is 279 g/mol. The van der Waals surface area contributed by atoms with Crippen LogP contribution in [0.5, 0.6) is 0 Å². The van der Waals surface area contributed by atoms with Crippen molar-refractivity contribution >= 4 is 22.1 Å². The number of nitrogens with two attached hydrogens (primary N) is 1. The Kier molecular flexibility index (Phi) is 2.69. The number of rotatable bonds is 2. The van der Waals surface area contributed by atoms with Crippen LogP contribution in [-0.4, -0.2) is 0 Å². The van der Waals surface area contributed by atoms with Crippen LogP contribution < -0.4 is 5.73 Å². The third-order valence-corrected chi connectivity index (χ3v) is 5.40. The van der Waals surface area contributed by atoms with Gasteiger partial charge >= 0.3 is 0 Å². The fourth-order valence-electron chi connectivity index (χ4n) is 3.31. The molecule has 0 aliphatic heterocycles. The lowest BCUT2D eigenvalue weighted by Gasteiger charge is -2.14. The highest BCUT2D eigenvalue weighted by atomic mass is 32.1. The van der Waals surface area contributed by atoms with Gasteiger partial charge in [-0.1, -0.05) is 30.3 Å². The Labute approximate surface area is 123 Å². The molecule has 0 bridgehead atoms. The van der Waals surface area contributed by atoms with Crippen molar-refractivity contribution in [2.45, 2.75) is 25.8 Å². The van der Waals surface area contributed by atoms with Crippen LogP contribution in [0.1, 0.15) is 32.5 Å². The quantitative estimate of drug-likeness (QED) is 0.741. The van der Waals surface area contributed by atoms with Crippen molar-refractivity contribution in [2.24, 2.45) is 5.73 Å². The van der Waals surface area contributed by atoms with Crippen LogP contribution in [0.4, 0.5) is 0 Å². The highest BCUT2D eigenvalue weighted by molar-refractivity contribution is 7.12.